The second-order valence-electron chi connectivity index (χ2n) is 15.2. The maximum Gasteiger partial charge on any atom is 0.408 e. The number of nitrogens with zero attached hydrogens (tertiary/aromatic N) is 3. The summed E-state index contributed by atoms with van der Waals surface area (Å²) in [5, 5.41) is 15.3. The van der Waals surface area contributed by atoms with Crippen LogP contribution in [0.15, 0.2) is 109 Å². The third-order valence-electron chi connectivity index (χ3n) is 11.7. The molecule has 4 aromatic rings. The van der Waals surface area contributed by atoms with Gasteiger partial charge < -0.3 is 39.8 Å². The average molecular weight is 774 g/mol. The highest BCUT2D eigenvalue weighted by atomic mass is 16.7. The van der Waals surface area contributed by atoms with E-state index in [9.17, 15) is 24.3 Å². The molecule has 57 heavy (non-hydrogen) atoms. The van der Waals surface area contributed by atoms with Crippen molar-refractivity contribution in [3.05, 3.63) is 131 Å². The first kappa shape index (κ1) is 38.3. The molecule has 296 valence electrons. The van der Waals surface area contributed by atoms with Crippen LogP contribution in [0.3, 0.4) is 0 Å². The summed E-state index contributed by atoms with van der Waals surface area (Å²) >= 11 is 0. The van der Waals surface area contributed by atoms with Crippen molar-refractivity contribution < 1.29 is 38.5 Å². The van der Waals surface area contributed by atoms with E-state index in [0.717, 1.165) is 27.3 Å². The smallest absolute Gasteiger partial charge is 0.408 e. The molecule has 4 heterocycles. The number of anilines is 2. The number of nitrogens with one attached hydrogen (secondary N) is 2. The number of aliphatic hydroxyl groups is 1. The van der Waals surface area contributed by atoms with Crippen LogP contribution < -0.4 is 20.4 Å². The molecule has 8 rings (SSSR count). The van der Waals surface area contributed by atoms with E-state index in [2.05, 4.69) is 27.4 Å². The molecule has 13 heteroatoms. The summed E-state index contributed by atoms with van der Waals surface area (Å²) in [5.41, 5.74) is 3.91. The van der Waals surface area contributed by atoms with Crippen LogP contribution in [0, 0.1) is 5.92 Å². The van der Waals surface area contributed by atoms with Crippen LogP contribution in [0.2, 0.25) is 0 Å². The Labute approximate surface area is 331 Å². The number of likely N-dealkylation sites (tertiary alicyclic amines) is 1. The van der Waals surface area contributed by atoms with Crippen molar-refractivity contribution in [1.29, 1.82) is 0 Å². The number of carbonyl (C=O) groups excluding carboxylic acids is 4. The Morgan fingerprint density at radius 3 is 2.28 bits per heavy atom. The number of rotatable bonds is 10. The van der Waals surface area contributed by atoms with E-state index in [1.54, 1.807) is 18.2 Å². The number of benzene rings is 4. The van der Waals surface area contributed by atoms with Crippen LogP contribution in [-0.4, -0.2) is 77.8 Å². The maximum absolute atomic E-state index is 13.6. The van der Waals surface area contributed by atoms with Gasteiger partial charge in [-0.25, -0.2) is 9.69 Å². The van der Waals surface area contributed by atoms with Crippen LogP contribution >= 0.6 is 0 Å². The molecule has 4 amide bonds. The van der Waals surface area contributed by atoms with Gasteiger partial charge in [-0.2, -0.15) is 0 Å². The lowest BCUT2D eigenvalue weighted by Crippen LogP contribution is -2.57. The summed E-state index contributed by atoms with van der Waals surface area (Å²) in [6.07, 6.45) is -1.14. The number of imide groups is 1. The Kier molecular flexibility index (Phi) is 11.1. The molecule has 1 spiro atoms. The normalized spacial score (nSPS) is 24.8. The number of para-hydroxylation sites is 1. The predicted molar refractivity (Wildman–Crippen MR) is 210 cm³/mol. The fourth-order valence-corrected chi connectivity index (χ4v) is 8.45. The zero-order valence-corrected chi connectivity index (χ0v) is 31.8. The second-order valence-corrected chi connectivity index (χ2v) is 15.2. The van der Waals surface area contributed by atoms with Crippen LogP contribution in [0.5, 0.6) is 0 Å². The van der Waals surface area contributed by atoms with Crippen molar-refractivity contribution in [3.8, 4) is 0 Å². The minimum atomic E-state index is -1.07. The standard InChI is InChI=1S/C44H47N5O8/c1-29-37(25-47-21-19-44(20-22-47)42(53)45-28-48(44)34-12-6-3-7-13-34)56-41(57-39(29)32-17-15-30(26-50)16-18-32)33-11-8-14-35(23-33)49-38(51)24-36(40(49)52)46-43(54)55-27-31-9-4-2-5-10-31/h2-18,23,29,36-37,39,41,50H,19-22,24-28H2,1H3,(H,45,53)(H,46,54). The summed E-state index contributed by atoms with van der Waals surface area (Å²) in [7, 11) is 0. The molecule has 4 aliphatic rings. The van der Waals surface area contributed by atoms with Gasteiger partial charge in [-0.3, -0.25) is 14.4 Å². The number of piperidine rings is 1. The highest BCUT2D eigenvalue weighted by molar-refractivity contribution is 6.23. The van der Waals surface area contributed by atoms with E-state index in [4.69, 9.17) is 14.2 Å². The molecule has 5 atom stereocenters. The van der Waals surface area contributed by atoms with Gasteiger partial charge in [-0.05, 0) is 53.8 Å². The van der Waals surface area contributed by atoms with E-state index in [-0.39, 0.29) is 43.7 Å². The van der Waals surface area contributed by atoms with Crippen molar-refractivity contribution in [2.24, 2.45) is 5.92 Å². The molecule has 0 saturated carbocycles. The van der Waals surface area contributed by atoms with E-state index >= 15 is 0 Å². The van der Waals surface area contributed by atoms with Crippen LogP contribution in [-0.2, 0) is 41.8 Å². The largest absolute Gasteiger partial charge is 0.445 e. The molecule has 4 aromatic carbocycles. The molecule has 0 bridgehead atoms. The van der Waals surface area contributed by atoms with Crippen LogP contribution in [0.25, 0.3) is 0 Å². The first-order valence-electron chi connectivity index (χ1n) is 19.5. The minimum Gasteiger partial charge on any atom is -0.445 e. The summed E-state index contributed by atoms with van der Waals surface area (Å²) in [6, 6.07) is 32.8. The van der Waals surface area contributed by atoms with E-state index in [1.165, 1.54) is 0 Å². The molecular formula is C44H47N5O8. The monoisotopic (exact) mass is 773 g/mol. The third-order valence-corrected chi connectivity index (χ3v) is 11.7. The van der Waals surface area contributed by atoms with Crippen LogP contribution in [0.4, 0.5) is 16.2 Å². The SMILES string of the molecule is CC1C(CN2CCC3(CC2)C(=O)NCN3c2ccccc2)OC(c2cccc(N3C(=O)CC(NC(=O)OCc4ccccc4)C3=O)c2)OC1c1ccc(CO)cc1. The van der Waals surface area contributed by atoms with Gasteiger partial charge in [0, 0.05) is 36.8 Å². The Morgan fingerprint density at radius 1 is 0.860 bits per heavy atom. The molecule has 4 saturated heterocycles. The number of hydrogen-bond donors (Lipinski definition) is 3. The zero-order valence-electron chi connectivity index (χ0n) is 31.8. The number of alkyl carbamates (subject to hydrolysis) is 1. The first-order valence-corrected chi connectivity index (χ1v) is 19.5. The molecule has 0 aliphatic carbocycles. The van der Waals surface area contributed by atoms with Gasteiger partial charge in [-0.15, -0.1) is 0 Å². The Hall–Kier alpha value is -5.60. The Balaban J connectivity index is 0.981. The number of ether oxygens (including phenoxy) is 3. The Morgan fingerprint density at radius 2 is 1.56 bits per heavy atom. The molecule has 5 unspecified atom stereocenters. The fourth-order valence-electron chi connectivity index (χ4n) is 8.45. The number of amides is 4. The van der Waals surface area contributed by atoms with Gasteiger partial charge in [0.2, 0.25) is 11.8 Å². The van der Waals surface area contributed by atoms with E-state index in [1.807, 2.05) is 91.0 Å². The molecule has 13 nitrogen and oxygen atoms in total. The highest BCUT2D eigenvalue weighted by Crippen LogP contribution is 2.43. The lowest BCUT2D eigenvalue weighted by molar-refractivity contribution is -0.276. The van der Waals surface area contributed by atoms with Gasteiger partial charge in [0.15, 0.2) is 6.29 Å². The van der Waals surface area contributed by atoms with Crippen molar-refractivity contribution in [1.82, 2.24) is 15.5 Å². The first-order chi connectivity index (χ1) is 27.7. The highest BCUT2D eigenvalue weighted by Gasteiger charge is 2.51. The third kappa shape index (κ3) is 7.88. The van der Waals surface area contributed by atoms with E-state index < -0.39 is 35.8 Å². The van der Waals surface area contributed by atoms with E-state index in [0.29, 0.717) is 50.4 Å². The minimum absolute atomic E-state index is 0.0312. The number of aliphatic hydroxyl groups excluding tert-OH is 1. The average Bonchev–Trinajstić information content (AvgIpc) is 3.71. The Bertz CT molecular complexity index is 2080. The van der Waals surface area contributed by atoms with Crippen molar-refractivity contribution in [2.75, 3.05) is 36.1 Å². The fraction of sp³-hybridized carbons (Fsp3) is 0.364. The molecule has 0 aromatic heterocycles. The molecule has 3 N–H and O–H groups in total. The van der Waals surface area contributed by atoms with Gasteiger partial charge in [0.25, 0.3) is 5.91 Å². The molecule has 4 aliphatic heterocycles. The quantitative estimate of drug-likeness (QED) is 0.189. The van der Waals surface area contributed by atoms with Crippen molar-refractivity contribution in [2.45, 2.75) is 69.5 Å². The molecular weight excluding hydrogens is 727 g/mol. The lowest BCUT2D eigenvalue weighted by atomic mass is 9.84. The van der Waals surface area contributed by atoms with Gasteiger partial charge >= 0.3 is 6.09 Å². The van der Waals surface area contributed by atoms with Gasteiger partial charge in [-0.1, -0.05) is 91.9 Å². The van der Waals surface area contributed by atoms with Gasteiger partial charge in [0.05, 0.1) is 37.6 Å². The summed E-state index contributed by atoms with van der Waals surface area (Å²) < 4.78 is 18.8. The lowest BCUT2D eigenvalue weighted by Gasteiger charge is -2.46. The maximum atomic E-state index is 13.6. The zero-order chi connectivity index (χ0) is 39.5. The van der Waals surface area contributed by atoms with Gasteiger partial charge in [0.1, 0.15) is 18.2 Å². The van der Waals surface area contributed by atoms with Crippen molar-refractivity contribution >= 4 is 35.2 Å². The molecule has 0 radical (unpaired) electrons. The number of carbonyl (C=O) groups is 4. The van der Waals surface area contributed by atoms with Crippen LogP contribution in [0.1, 0.15) is 60.8 Å². The summed E-state index contributed by atoms with van der Waals surface area (Å²) in [5.74, 6) is -1.02. The van der Waals surface area contributed by atoms with Crippen molar-refractivity contribution in [3.63, 3.8) is 0 Å². The second kappa shape index (κ2) is 16.5. The summed E-state index contributed by atoms with van der Waals surface area (Å²) in [4.78, 5) is 58.4. The molecule has 4 fully saturated rings. The summed E-state index contributed by atoms with van der Waals surface area (Å²) in [6.45, 7) is 4.55. The number of hydrogen-bond acceptors (Lipinski definition) is 10. The predicted octanol–water partition coefficient (Wildman–Crippen LogP) is 4.96. The topological polar surface area (TPSA) is 150 Å².